The van der Waals surface area contributed by atoms with Crippen LogP contribution in [0.1, 0.15) is 21.5 Å². The number of hydrazone groups is 1. The first-order valence-corrected chi connectivity index (χ1v) is 15.0. The molecule has 0 radical (unpaired) electrons. The molecule has 5 aromatic carbocycles. The summed E-state index contributed by atoms with van der Waals surface area (Å²) in [7, 11) is 0. The van der Waals surface area contributed by atoms with E-state index in [0.717, 1.165) is 44.0 Å². The van der Waals surface area contributed by atoms with Crippen LogP contribution in [-0.4, -0.2) is 17.1 Å². The quantitative estimate of drug-likeness (QED) is 0.124. The van der Waals surface area contributed by atoms with Crippen LogP contribution in [0.15, 0.2) is 120 Å². The third-order valence-electron chi connectivity index (χ3n) is 6.62. The highest BCUT2D eigenvalue weighted by Gasteiger charge is 2.11. The van der Waals surface area contributed by atoms with Crippen molar-refractivity contribution in [1.29, 1.82) is 0 Å². The Kier molecular flexibility index (Phi) is 8.65. The minimum absolute atomic E-state index is 0.326. The summed E-state index contributed by atoms with van der Waals surface area (Å²) >= 11 is 13.6. The van der Waals surface area contributed by atoms with E-state index in [0.29, 0.717) is 28.0 Å². The van der Waals surface area contributed by atoms with Crippen LogP contribution in [0.25, 0.3) is 22.0 Å². The molecular weight excluding hydrogens is 599 g/mol. The Labute approximate surface area is 262 Å². The number of carbonyl (C=O) groups excluding carboxylic acids is 1. The molecule has 43 heavy (non-hydrogen) atoms. The molecule has 0 bridgehead atoms. The Morgan fingerprint density at radius 2 is 1.70 bits per heavy atom. The molecule has 9 heteroatoms. The van der Waals surface area contributed by atoms with E-state index in [1.54, 1.807) is 18.3 Å². The van der Waals surface area contributed by atoms with E-state index in [4.69, 9.17) is 27.9 Å². The Morgan fingerprint density at radius 1 is 0.884 bits per heavy atom. The third kappa shape index (κ3) is 7.04. The molecule has 0 saturated carbocycles. The van der Waals surface area contributed by atoms with Gasteiger partial charge in [-0.2, -0.15) is 5.10 Å². The van der Waals surface area contributed by atoms with Gasteiger partial charge in [0.25, 0.3) is 5.91 Å². The maximum Gasteiger partial charge on any atom is 0.271 e. The molecule has 0 spiro atoms. The van der Waals surface area contributed by atoms with Crippen molar-refractivity contribution in [2.75, 3.05) is 5.32 Å². The number of halogens is 2. The van der Waals surface area contributed by atoms with Crippen molar-refractivity contribution in [3.63, 3.8) is 0 Å². The van der Waals surface area contributed by atoms with Gasteiger partial charge in [-0.15, -0.1) is 11.3 Å². The van der Waals surface area contributed by atoms with Gasteiger partial charge in [0, 0.05) is 37.8 Å². The molecule has 0 unspecified atom stereocenters. The largest absolute Gasteiger partial charge is 0.488 e. The van der Waals surface area contributed by atoms with Gasteiger partial charge in [0.1, 0.15) is 12.4 Å². The Morgan fingerprint density at radius 3 is 2.51 bits per heavy atom. The molecule has 1 heterocycles. The summed E-state index contributed by atoms with van der Waals surface area (Å²) in [5.74, 6) is 0.321. The highest BCUT2D eigenvalue weighted by molar-refractivity contribution is 7.14. The van der Waals surface area contributed by atoms with Gasteiger partial charge < -0.3 is 10.1 Å². The minimum atomic E-state index is -0.326. The molecule has 0 atom stereocenters. The zero-order chi connectivity index (χ0) is 29.6. The third-order valence-corrected chi connectivity index (χ3v) is 7.86. The Bertz CT molecular complexity index is 1920. The number of hydrogen-bond donors (Lipinski definition) is 2. The number of anilines is 2. The summed E-state index contributed by atoms with van der Waals surface area (Å²) < 4.78 is 6.15. The Balaban J connectivity index is 1.13. The second-order valence-corrected chi connectivity index (χ2v) is 11.3. The fourth-order valence-electron chi connectivity index (χ4n) is 4.46. The Hall–Kier alpha value is -4.69. The number of thiazole rings is 1. The molecule has 2 N–H and O–H groups in total. The monoisotopic (exact) mass is 622 g/mol. The van der Waals surface area contributed by atoms with Crippen molar-refractivity contribution in [2.24, 2.45) is 5.10 Å². The lowest BCUT2D eigenvalue weighted by Crippen LogP contribution is -2.17. The van der Waals surface area contributed by atoms with Crippen molar-refractivity contribution < 1.29 is 9.53 Å². The van der Waals surface area contributed by atoms with Gasteiger partial charge in [-0.25, -0.2) is 10.4 Å². The smallest absolute Gasteiger partial charge is 0.271 e. The van der Waals surface area contributed by atoms with E-state index in [-0.39, 0.29) is 5.91 Å². The molecule has 0 aliphatic heterocycles. The van der Waals surface area contributed by atoms with Crippen LogP contribution in [0.4, 0.5) is 10.8 Å². The van der Waals surface area contributed by atoms with E-state index >= 15 is 0 Å². The first-order valence-electron chi connectivity index (χ1n) is 13.3. The standard InChI is InChI=1S/C34H24Cl2N4O2S/c35-26-13-15-28(16-14-26)38-34-39-31(21-43-34)24-8-10-25(11-9-24)33(41)40-37-19-30-29-7-2-1-5-23(29)12-17-32(30)42-20-22-4-3-6-27(36)18-22/h1-19,21H,20H2,(H,38,39)(H,40,41)/b37-19-. The number of aromatic nitrogens is 1. The molecule has 0 fully saturated rings. The molecule has 1 amide bonds. The summed E-state index contributed by atoms with van der Waals surface area (Å²) in [6.07, 6.45) is 1.62. The molecule has 0 aliphatic carbocycles. The molecule has 6 aromatic rings. The average molecular weight is 624 g/mol. The lowest BCUT2D eigenvalue weighted by atomic mass is 10.0. The molecule has 6 nitrogen and oxygen atoms in total. The number of amides is 1. The summed E-state index contributed by atoms with van der Waals surface area (Å²) in [6, 6.07) is 34.1. The van der Waals surface area contributed by atoms with E-state index in [1.807, 2.05) is 102 Å². The van der Waals surface area contributed by atoms with Crippen molar-refractivity contribution in [2.45, 2.75) is 6.61 Å². The van der Waals surface area contributed by atoms with Gasteiger partial charge in [-0.3, -0.25) is 4.79 Å². The lowest BCUT2D eigenvalue weighted by molar-refractivity contribution is 0.0955. The van der Waals surface area contributed by atoms with Gasteiger partial charge in [0.15, 0.2) is 5.13 Å². The lowest BCUT2D eigenvalue weighted by Gasteiger charge is -2.12. The average Bonchev–Trinajstić information content (AvgIpc) is 3.50. The second kappa shape index (κ2) is 13.1. The van der Waals surface area contributed by atoms with E-state index in [9.17, 15) is 4.79 Å². The summed E-state index contributed by atoms with van der Waals surface area (Å²) in [6.45, 7) is 0.343. The number of fused-ring (bicyclic) bond motifs is 1. The fourth-order valence-corrected chi connectivity index (χ4v) is 5.53. The minimum Gasteiger partial charge on any atom is -0.488 e. The number of rotatable bonds is 9. The van der Waals surface area contributed by atoms with Crippen LogP contribution >= 0.6 is 34.5 Å². The molecule has 1 aromatic heterocycles. The van der Waals surface area contributed by atoms with Crippen LogP contribution in [0.2, 0.25) is 10.0 Å². The van der Waals surface area contributed by atoms with Crippen molar-refractivity contribution in [1.82, 2.24) is 10.4 Å². The van der Waals surface area contributed by atoms with Gasteiger partial charge in [0.05, 0.1) is 11.9 Å². The van der Waals surface area contributed by atoms with Crippen LogP contribution in [0, 0.1) is 0 Å². The summed E-state index contributed by atoms with van der Waals surface area (Å²) in [4.78, 5) is 17.6. The maximum absolute atomic E-state index is 12.9. The molecule has 0 saturated heterocycles. The first-order chi connectivity index (χ1) is 21.0. The van der Waals surface area contributed by atoms with Crippen molar-refractivity contribution in [3.05, 3.63) is 141 Å². The van der Waals surface area contributed by atoms with Gasteiger partial charge in [-0.05, 0) is 70.9 Å². The fraction of sp³-hybridized carbons (Fsp3) is 0.0294. The van der Waals surface area contributed by atoms with Crippen LogP contribution < -0.4 is 15.5 Å². The SMILES string of the molecule is O=C(N/N=C\c1c(OCc2cccc(Cl)c2)ccc2ccccc12)c1ccc(-c2csc(Nc3ccc(Cl)cc3)n2)cc1. The van der Waals surface area contributed by atoms with E-state index in [2.05, 4.69) is 20.8 Å². The molecule has 212 valence electrons. The topological polar surface area (TPSA) is 75.6 Å². The summed E-state index contributed by atoms with van der Waals surface area (Å²) in [5.41, 5.74) is 7.45. The predicted octanol–water partition coefficient (Wildman–Crippen LogP) is 9.36. The van der Waals surface area contributed by atoms with Gasteiger partial charge >= 0.3 is 0 Å². The number of nitrogens with one attached hydrogen (secondary N) is 2. The normalized spacial score (nSPS) is 11.1. The highest BCUT2D eigenvalue weighted by atomic mass is 35.5. The van der Waals surface area contributed by atoms with Crippen LogP contribution in [0.3, 0.4) is 0 Å². The highest BCUT2D eigenvalue weighted by Crippen LogP contribution is 2.29. The zero-order valence-corrected chi connectivity index (χ0v) is 25.0. The number of benzene rings is 5. The number of carbonyl (C=O) groups is 1. The molecular formula is C34H24Cl2N4O2S. The number of ether oxygens (including phenoxy) is 1. The van der Waals surface area contributed by atoms with Crippen molar-refractivity contribution in [3.8, 4) is 17.0 Å². The molecule has 6 rings (SSSR count). The van der Waals surface area contributed by atoms with Gasteiger partial charge in [-0.1, -0.05) is 77.8 Å². The van der Waals surface area contributed by atoms with Crippen LogP contribution in [0.5, 0.6) is 5.75 Å². The molecule has 0 aliphatic rings. The van der Waals surface area contributed by atoms with E-state index in [1.165, 1.54) is 11.3 Å². The van der Waals surface area contributed by atoms with E-state index < -0.39 is 0 Å². The zero-order valence-electron chi connectivity index (χ0n) is 22.6. The second-order valence-electron chi connectivity index (χ2n) is 9.56. The summed E-state index contributed by atoms with van der Waals surface area (Å²) in [5, 5.41) is 13.6. The predicted molar refractivity (Wildman–Crippen MR) is 177 cm³/mol. The maximum atomic E-state index is 12.9. The van der Waals surface area contributed by atoms with Crippen molar-refractivity contribution >= 4 is 68.3 Å². The number of hydrogen-bond acceptors (Lipinski definition) is 6. The van der Waals surface area contributed by atoms with Gasteiger partial charge in [0.2, 0.25) is 0 Å². The van der Waals surface area contributed by atoms with Crippen LogP contribution in [-0.2, 0) is 6.61 Å². The number of nitrogens with zero attached hydrogens (tertiary/aromatic N) is 2. The first kappa shape index (κ1) is 28.4.